The van der Waals surface area contributed by atoms with Crippen LogP contribution in [-0.4, -0.2) is 164 Å². The summed E-state index contributed by atoms with van der Waals surface area (Å²) in [5.41, 5.74) is 34.4. The van der Waals surface area contributed by atoms with E-state index in [1.165, 1.54) is 4.90 Å². The summed E-state index contributed by atoms with van der Waals surface area (Å²) in [6.45, 7) is 5.07. The maximum absolute atomic E-state index is 14.9. The number of thiol groups is 1. The molecule has 0 unspecified atom stereocenters. The first kappa shape index (κ1) is 70.9. The third-order valence-electron chi connectivity index (χ3n) is 13.4. The second-order valence-corrected chi connectivity index (χ2v) is 20.8. The lowest BCUT2D eigenvalue weighted by molar-refractivity contribution is -0.141. The highest BCUT2D eigenvalue weighted by Crippen LogP contribution is 2.14. The molecule has 1 heterocycles. The van der Waals surface area contributed by atoms with Gasteiger partial charge in [0.2, 0.25) is 59.1 Å². The molecule has 25 nitrogen and oxygen atoms in total. The first-order chi connectivity index (χ1) is 37.4. The Labute approximate surface area is 467 Å². The van der Waals surface area contributed by atoms with Crippen LogP contribution < -0.4 is 76.9 Å². The molecule has 1 aliphatic rings. The van der Waals surface area contributed by atoms with Crippen LogP contribution in [0.1, 0.15) is 162 Å². The van der Waals surface area contributed by atoms with Crippen molar-refractivity contribution >= 4 is 71.7 Å². The molecule has 0 aliphatic carbocycles. The van der Waals surface area contributed by atoms with Gasteiger partial charge in [0.05, 0.1) is 6.54 Å². The van der Waals surface area contributed by atoms with Gasteiger partial charge in [0.25, 0.3) is 0 Å². The Morgan fingerprint density at radius 1 is 0.551 bits per heavy atom. The molecule has 1 saturated heterocycles. The molecule has 26 heteroatoms. The van der Waals surface area contributed by atoms with Gasteiger partial charge in [0.15, 0.2) is 0 Å². The minimum Gasteiger partial charge on any atom is -0.368 e. The predicted molar refractivity (Wildman–Crippen MR) is 302 cm³/mol. The molecule has 0 aromatic carbocycles. The van der Waals surface area contributed by atoms with Gasteiger partial charge in [-0.15, -0.1) is 0 Å². The van der Waals surface area contributed by atoms with Crippen LogP contribution in [0.5, 0.6) is 0 Å². The molecule has 78 heavy (non-hydrogen) atoms. The van der Waals surface area contributed by atoms with Crippen LogP contribution in [0.4, 0.5) is 0 Å². The molecule has 7 atom stereocenters. The van der Waals surface area contributed by atoms with Gasteiger partial charge in [-0.2, -0.15) is 12.6 Å². The lowest BCUT2D eigenvalue weighted by atomic mass is 10.0. The Morgan fingerprint density at radius 3 is 1.50 bits per heavy atom. The van der Waals surface area contributed by atoms with Gasteiger partial charge in [-0.1, -0.05) is 26.7 Å². The molecule has 0 saturated carbocycles. The van der Waals surface area contributed by atoms with E-state index in [-0.39, 0.29) is 75.0 Å². The average molecular weight is 1130 g/mol. The van der Waals surface area contributed by atoms with Crippen LogP contribution in [0.15, 0.2) is 0 Å². The summed E-state index contributed by atoms with van der Waals surface area (Å²) in [5.74, 6) is -6.18. The van der Waals surface area contributed by atoms with Crippen molar-refractivity contribution in [2.24, 2.45) is 40.3 Å². The molecular formula is C52H99N15O10S. The number of carbonyl (C=O) groups excluding carboxylic acids is 10. The van der Waals surface area contributed by atoms with E-state index in [9.17, 15) is 47.9 Å². The topological polar surface area (TPSA) is 426 Å². The fraction of sp³-hybridized carbons (Fsp3) is 0.808. The maximum Gasteiger partial charge on any atom is 0.245 e. The van der Waals surface area contributed by atoms with Crippen LogP contribution in [0.3, 0.4) is 0 Å². The van der Waals surface area contributed by atoms with Crippen molar-refractivity contribution in [2.45, 2.75) is 204 Å². The molecule has 0 aromatic heterocycles. The Bertz CT molecular complexity index is 1840. The average Bonchev–Trinajstić information content (AvgIpc) is 3.40. The fourth-order valence-corrected chi connectivity index (χ4v) is 8.99. The normalized spacial score (nSPS) is 20.5. The number of amides is 10. The van der Waals surface area contributed by atoms with Crippen LogP contribution >= 0.6 is 12.6 Å². The monoisotopic (exact) mass is 1130 g/mol. The summed E-state index contributed by atoms with van der Waals surface area (Å²) in [5, 5.41) is 22.2. The third kappa shape index (κ3) is 30.3. The summed E-state index contributed by atoms with van der Waals surface area (Å²) in [6.07, 6.45) is 8.55. The maximum atomic E-state index is 14.9. The molecule has 0 spiro atoms. The predicted octanol–water partition coefficient (Wildman–Crippen LogP) is -1.82. The Balaban J connectivity index is 3.76. The van der Waals surface area contributed by atoms with E-state index in [0.717, 1.165) is 0 Å². The number of hydrogen-bond acceptors (Lipinski definition) is 16. The highest BCUT2D eigenvalue weighted by Gasteiger charge is 2.34. The first-order valence-electron chi connectivity index (χ1n) is 28.4. The second kappa shape index (κ2) is 42.8. The van der Waals surface area contributed by atoms with Gasteiger partial charge in [0, 0.05) is 31.7 Å². The zero-order valence-corrected chi connectivity index (χ0v) is 47.6. The van der Waals surface area contributed by atoms with Gasteiger partial charge >= 0.3 is 0 Å². The zero-order chi connectivity index (χ0) is 58.3. The minimum absolute atomic E-state index is 0.0114. The van der Waals surface area contributed by atoms with E-state index >= 15 is 0 Å². The largest absolute Gasteiger partial charge is 0.368 e. The number of primary amides is 1. The highest BCUT2D eigenvalue weighted by atomic mass is 32.1. The molecule has 1 aliphatic heterocycles. The fourth-order valence-electron chi connectivity index (χ4n) is 8.71. The summed E-state index contributed by atoms with van der Waals surface area (Å²) < 4.78 is 0. The third-order valence-corrected chi connectivity index (χ3v) is 13.7. The van der Waals surface area contributed by atoms with E-state index in [4.69, 9.17) is 34.4 Å². The van der Waals surface area contributed by atoms with Gasteiger partial charge < -0.3 is 81.8 Å². The lowest BCUT2D eigenvalue weighted by Crippen LogP contribution is -2.58. The van der Waals surface area contributed by atoms with Gasteiger partial charge in [-0.3, -0.25) is 47.9 Å². The van der Waals surface area contributed by atoms with E-state index in [1.807, 2.05) is 13.8 Å². The Morgan fingerprint density at radius 2 is 1.00 bits per heavy atom. The zero-order valence-electron chi connectivity index (χ0n) is 46.7. The van der Waals surface area contributed by atoms with Crippen molar-refractivity contribution in [3.63, 3.8) is 0 Å². The number of nitrogens with zero attached hydrogens (tertiary/aromatic N) is 1. The van der Waals surface area contributed by atoms with Crippen molar-refractivity contribution in [3.8, 4) is 0 Å². The number of rotatable bonds is 30. The van der Waals surface area contributed by atoms with E-state index in [0.29, 0.717) is 142 Å². The van der Waals surface area contributed by atoms with E-state index in [2.05, 4.69) is 55.2 Å². The van der Waals surface area contributed by atoms with Crippen LogP contribution in [0.2, 0.25) is 0 Å². The van der Waals surface area contributed by atoms with Gasteiger partial charge in [0.1, 0.15) is 42.3 Å². The summed E-state index contributed by atoms with van der Waals surface area (Å²) in [4.78, 5) is 138. The van der Waals surface area contributed by atoms with Crippen molar-refractivity contribution in [1.29, 1.82) is 0 Å². The number of nitrogens with two attached hydrogens (primary N) is 6. The Hall–Kier alpha value is -5.15. The molecule has 20 N–H and O–H groups in total. The van der Waals surface area contributed by atoms with E-state index < -0.39 is 96.1 Å². The molecule has 0 bridgehead atoms. The van der Waals surface area contributed by atoms with Crippen LogP contribution in [0, 0.1) is 5.92 Å². The van der Waals surface area contributed by atoms with Crippen LogP contribution in [0.25, 0.3) is 0 Å². The first-order valence-corrected chi connectivity index (χ1v) is 29.1. The molecule has 1 fully saturated rings. The molecule has 448 valence electrons. The Kier molecular flexibility index (Phi) is 38.8. The molecule has 0 radical (unpaired) electrons. The van der Waals surface area contributed by atoms with Gasteiger partial charge in [-0.25, -0.2) is 0 Å². The number of carbonyl (C=O) groups is 10. The molecule has 0 aromatic rings. The van der Waals surface area contributed by atoms with Crippen molar-refractivity contribution in [3.05, 3.63) is 0 Å². The summed E-state index contributed by atoms with van der Waals surface area (Å²) in [7, 11) is 0. The minimum atomic E-state index is -1.19. The standard InChI is InChI=1S/C52H99N15O10S/c1-35(2)45-51(76)59-31-17-3-4-18-32-67(33-44(70)61-37(20-8-13-27-54)48(73)63-39(22-10-15-29-56)50(75)65-41(34-78)46(58)71)52(77)40(23-11-16-30-57)64-49(74)38(21-9-14-28-55)62-47(72)36(19-7-12-26-53)60-42(68)24-5-6-25-43(69)66-45/h35-41,45,78H,3-34,53-57H2,1-2H3,(H2,58,71)(H,59,76)(H,60,68)(H,61,70)(H,62,72)(H,63,73)(H,64,74)(H,65,75)(H,66,69)/t36-,37-,38-,39-,40-,41-,45-/m0/s1. The van der Waals surface area contributed by atoms with Crippen molar-refractivity contribution in [2.75, 3.05) is 58.1 Å². The van der Waals surface area contributed by atoms with Crippen molar-refractivity contribution < 1.29 is 47.9 Å². The molecule has 10 amide bonds. The highest BCUT2D eigenvalue weighted by molar-refractivity contribution is 7.80. The molecular weight excluding hydrogens is 1030 g/mol. The summed E-state index contributed by atoms with van der Waals surface area (Å²) in [6, 6.07) is -7.60. The number of nitrogens with one attached hydrogen (secondary N) is 8. The lowest BCUT2D eigenvalue weighted by Gasteiger charge is -2.30. The SMILES string of the molecule is CC(C)[C@@H]1NC(=O)CCCCC(=O)N[C@@H](CCCCN)C(=O)N[C@@H](CCCCN)C(=O)N[C@@H](CCCCN)C(=O)N(CC(=O)N[C@@H](CCCCN)C(=O)N[C@@H](CCCCN)C(=O)N[C@@H](CS)C(N)=O)CCCCCCNC1=O. The number of hydrogen-bond donors (Lipinski definition) is 15. The quantitative estimate of drug-likeness (QED) is 0.0278. The second-order valence-electron chi connectivity index (χ2n) is 20.5. The summed E-state index contributed by atoms with van der Waals surface area (Å²) >= 11 is 4.11. The number of unbranched alkanes of at least 4 members (excludes halogenated alkanes) is 5. The molecule has 1 rings (SSSR count). The van der Waals surface area contributed by atoms with E-state index in [1.54, 1.807) is 0 Å². The van der Waals surface area contributed by atoms with Crippen LogP contribution in [-0.2, 0) is 47.9 Å². The van der Waals surface area contributed by atoms with Gasteiger partial charge in [-0.05, 0) is 161 Å². The smallest absolute Gasteiger partial charge is 0.245 e. The van der Waals surface area contributed by atoms with Crippen molar-refractivity contribution in [1.82, 2.24) is 47.4 Å².